The Kier molecular flexibility index (Phi) is 5.93. The van der Waals surface area contributed by atoms with Crippen molar-refractivity contribution < 1.29 is 13.2 Å². The number of hydrogen-bond donors (Lipinski definition) is 1. The van der Waals surface area contributed by atoms with Gasteiger partial charge in [0, 0.05) is 30.3 Å². The number of nitrogens with zero attached hydrogens (tertiary/aromatic N) is 1. The third kappa shape index (κ3) is 4.77. The van der Waals surface area contributed by atoms with Crippen molar-refractivity contribution in [2.45, 2.75) is 4.90 Å². The Morgan fingerprint density at radius 3 is 2.42 bits per heavy atom. The highest BCUT2D eigenvalue weighted by Crippen LogP contribution is 2.18. The first-order chi connectivity index (χ1) is 11.3. The lowest BCUT2D eigenvalue weighted by molar-refractivity contribution is -0.111. The van der Waals surface area contributed by atoms with Gasteiger partial charge in [-0.1, -0.05) is 34.1 Å². The lowest BCUT2D eigenvalue weighted by atomic mass is 10.2. The molecule has 0 aliphatic carbocycles. The van der Waals surface area contributed by atoms with Gasteiger partial charge in [-0.25, -0.2) is 12.7 Å². The average Bonchev–Trinajstić information content (AvgIpc) is 2.54. The zero-order valence-corrected chi connectivity index (χ0v) is 15.6. The Balaban J connectivity index is 2.11. The van der Waals surface area contributed by atoms with Crippen molar-refractivity contribution in [1.29, 1.82) is 0 Å². The molecule has 1 N–H and O–H groups in total. The van der Waals surface area contributed by atoms with E-state index in [-0.39, 0.29) is 10.8 Å². The standard InChI is InChI=1S/C17H17BrN2O3S/c1-20(2)24(22,23)16-5-3-4-15(12-16)19-17(21)11-8-13-6-9-14(18)10-7-13/h3-12H,1-2H3,(H,19,21)/b11-8+. The van der Waals surface area contributed by atoms with E-state index in [9.17, 15) is 13.2 Å². The molecule has 0 saturated carbocycles. The molecule has 2 aromatic carbocycles. The van der Waals surface area contributed by atoms with E-state index in [1.165, 1.54) is 32.3 Å². The normalized spacial score (nSPS) is 11.8. The van der Waals surface area contributed by atoms with Gasteiger partial charge in [-0.05, 0) is 42.0 Å². The third-order valence-corrected chi connectivity index (χ3v) is 5.52. The van der Waals surface area contributed by atoms with Gasteiger partial charge in [0.1, 0.15) is 0 Å². The highest BCUT2D eigenvalue weighted by molar-refractivity contribution is 9.10. The fourth-order valence-electron chi connectivity index (χ4n) is 1.87. The number of hydrogen-bond acceptors (Lipinski definition) is 3. The molecule has 0 atom stereocenters. The van der Waals surface area contributed by atoms with E-state index in [2.05, 4.69) is 21.2 Å². The van der Waals surface area contributed by atoms with Crippen LogP contribution in [0.4, 0.5) is 5.69 Å². The molecule has 0 aliphatic heterocycles. The molecule has 5 nitrogen and oxygen atoms in total. The van der Waals surface area contributed by atoms with Gasteiger partial charge in [0.25, 0.3) is 0 Å². The molecule has 126 valence electrons. The van der Waals surface area contributed by atoms with E-state index in [1.807, 2.05) is 24.3 Å². The number of sulfonamides is 1. The van der Waals surface area contributed by atoms with Gasteiger partial charge in [-0.3, -0.25) is 4.79 Å². The molecule has 0 unspecified atom stereocenters. The summed E-state index contributed by atoms with van der Waals surface area (Å²) >= 11 is 3.35. The fraction of sp³-hybridized carbons (Fsp3) is 0.118. The maximum Gasteiger partial charge on any atom is 0.248 e. The van der Waals surface area contributed by atoms with Crippen molar-refractivity contribution in [3.63, 3.8) is 0 Å². The first-order valence-corrected chi connectivity index (χ1v) is 9.29. The molecular weight excluding hydrogens is 392 g/mol. The van der Waals surface area contributed by atoms with Crippen molar-refractivity contribution in [2.75, 3.05) is 19.4 Å². The summed E-state index contributed by atoms with van der Waals surface area (Å²) in [7, 11) is -0.615. The van der Waals surface area contributed by atoms with Crippen molar-refractivity contribution in [1.82, 2.24) is 4.31 Å². The van der Waals surface area contributed by atoms with Gasteiger partial charge in [0.05, 0.1) is 4.90 Å². The summed E-state index contributed by atoms with van der Waals surface area (Å²) in [6.45, 7) is 0. The molecule has 24 heavy (non-hydrogen) atoms. The molecule has 0 saturated heterocycles. The summed E-state index contributed by atoms with van der Waals surface area (Å²) in [5.74, 6) is -0.336. The second-order valence-corrected chi connectivity index (χ2v) is 8.26. The predicted molar refractivity (Wildman–Crippen MR) is 99.1 cm³/mol. The van der Waals surface area contributed by atoms with Crippen molar-refractivity contribution in [2.24, 2.45) is 0 Å². The van der Waals surface area contributed by atoms with Gasteiger partial charge in [-0.15, -0.1) is 0 Å². The maximum atomic E-state index is 12.1. The first kappa shape index (κ1) is 18.4. The van der Waals surface area contributed by atoms with E-state index in [4.69, 9.17) is 0 Å². The Morgan fingerprint density at radius 2 is 1.79 bits per heavy atom. The summed E-state index contributed by atoms with van der Waals surface area (Å²) in [4.78, 5) is 12.1. The monoisotopic (exact) mass is 408 g/mol. The van der Waals surface area contributed by atoms with Crippen molar-refractivity contribution in [3.8, 4) is 0 Å². The van der Waals surface area contributed by atoms with Crippen LogP contribution in [0.25, 0.3) is 6.08 Å². The number of anilines is 1. The highest BCUT2D eigenvalue weighted by atomic mass is 79.9. The third-order valence-electron chi connectivity index (χ3n) is 3.18. The molecule has 1 amide bonds. The Morgan fingerprint density at radius 1 is 1.12 bits per heavy atom. The number of carbonyl (C=O) groups excluding carboxylic acids is 1. The molecule has 0 radical (unpaired) electrons. The summed E-state index contributed by atoms with van der Waals surface area (Å²) in [5.41, 5.74) is 1.31. The van der Waals surface area contributed by atoms with Crippen LogP contribution < -0.4 is 5.32 Å². The van der Waals surface area contributed by atoms with E-state index < -0.39 is 10.0 Å². The van der Waals surface area contributed by atoms with E-state index in [0.29, 0.717) is 5.69 Å². The summed E-state index contributed by atoms with van der Waals surface area (Å²) in [6.07, 6.45) is 3.08. The second kappa shape index (κ2) is 7.74. The van der Waals surface area contributed by atoms with Crippen LogP contribution in [-0.2, 0) is 14.8 Å². The molecule has 2 rings (SSSR count). The van der Waals surface area contributed by atoms with Crippen LogP contribution in [0, 0.1) is 0 Å². The zero-order chi connectivity index (χ0) is 17.7. The number of amides is 1. The Hall–Kier alpha value is -1.96. The maximum absolute atomic E-state index is 12.1. The van der Waals surface area contributed by atoms with E-state index in [0.717, 1.165) is 14.3 Å². The smallest absolute Gasteiger partial charge is 0.248 e. The van der Waals surface area contributed by atoms with Crippen LogP contribution in [-0.4, -0.2) is 32.7 Å². The topological polar surface area (TPSA) is 66.5 Å². The molecule has 0 fully saturated rings. The van der Waals surface area contributed by atoms with Crippen LogP contribution in [0.3, 0.4) is 0 Å². The lowest BCUT2D eigenvalue weighted by Crippen LogP contribution is -2.22. The van der Waals surface area contributed by atoms with Crippen LogP contribution in [0.5, 0.6) is 0 Å². The van der Waals surface area contributed by atoms with Gasteiger partial charge in [-0.2, -0.15) is 0 Å². The molecule has 0 aliphatic rings. The molecule has 2 aromatic rings. The number of nitrogens with one attached hydrogen (secondary N) is 1. The number of benzene rings is 2. The van der Waals surface area contributed by atoms with Gasteiger partial charge >= 0.3 is 0 Å². The van der Waals surface area contributed by atoms with Crippen molar-refractivity contribution in [3.05, 3.63) is 64.6 Å². The Labute approximate surface area is 150 Å². The minimum atomic E-state index is -3.53. The fourth-order valence-corrected chi connectivity index (χ4v) is 3.09. The van der Waals surface area contributed by atoms with Gasteiger partial charge in [0.2, 0.25) is 15.9 Å². The zero-order valence-electron chi connectivity index (χ0n) is 13.2. The lowest BCUT2D eigenvalue weighted by Gasteiger charge is -2.12. The predicted octanol–water partition coefficient (Wildman–Crippen LogP) is 3.35. The molecule has 0 aromatic heterocycles. The number of halogens is 1. The summed E-state index contributed by atoms with van der Waals surface area (Å²) in [5, 5.41) is 2.66. The van der Waals surface area contributed by atoms with Gasteiger partial charge < -0.3 is 5.32 Å². The molecule has 0 spiro atoms. The Bertz CT molecular complexity index is 860. The minimum Gasteiger partial charge on any atom is -0.322 e. The summed E-state index contributed by atoms with van der Waals surface area (Å²) in [6, 6.07) is 13.7. The summed E-state index contributed by atoms with van der Waals surface area (Å²) < 4.78 is 26.3. The minimum absolute atomic E-state index is 0.127. The number of rotatable bonds is 5. The SMILES string of the molecule is CN(C)S(=O)(=O)c1cccc(NC(=O)/C=C/c2ccc(Br)cc2)c1. The van der Waals surface area contributed by atoms with Crippen LogP contribution in [0.2, 0.25) is 0 Å². The quantitative estimate of drug-likeness (QED) is 0.771. The largest absolute Gasteiger partial charge is 0.322 e. The van der Waals surface area contributed by atoms with E-state index in [1.54, 1.807) is 18.2 Å². The van der Waals surface area contributed by atoms with Crippen LogP contribution in [0.15, 0.2) is 64.0 Å². The molecular formula is C17H17BrN2O3S. The van der Waals surface area contributed by atoms with Crippen molar-refractivity contribution >= 4 is 43.6 Å². The highest BCUT2D eigenvalue weighted by Gasteiger charge is 2.17. The molecule has 7 heteroatoms. The average molecular weight is 409 g/mol. The van der Waals surface area contributed by atoms with Crippen LogP contribution >= 0.6 is 15.9 Å². The van der Waals surface area contributed by atoms with E-state index >= 15 is 0 Å². The molecule has 0 heterocycles. The number of carbonyl (C=O) groups is 1. The van der Waals surface area contributed by atoms with Gasteiger partial charge in [0.15, 0.2) is 0 Å². The molecule has 0 bridgehead atoms. The van der Waals surface area contributed by atoms with Crippen LogP contribution in [0.1, 0.15) is 5.56 Å². The second-order valence-electron chi connectivity index (χ2n) is 5.19. The first-order valence-electron chi connectivity index (χ1n) is 7.06.